The Hall–Kier alpha value is -1.96. The molecule has 0 N–H and O–H groups in total. The molecule has 0 amide bonds. The summed E-state index contributed by atoms with van der Waals surface area (Å²) in [5, 5.41) is 0.796. The van der Waals surface area contributed by atoms with E-state index in [1.165, 1.54) is 30.4 Å². The van der Waals surface area contributed by atoms with Gasteiger partial charge in [-0.05, 0) is 55.0 Å². The first kappa shape index (κ1) is 28.6. The number of aromatic nitrogens is 1. The Balaban J connectivity index is 1.58. The first-order valence-corrected chi connectivity index (χ1v) is 15.4. The summed E-state index contributed by atoms with van der Waals surface area (Å²) in [6.07, 6.45) is 5.59. The minimum absolute atomic E-state index is 0.314. The fraction of sp³-hybridized carbons (Fsp3) is 0.517. The Morgan fingerprint density at radius 3 is 2.44 bits per heavy atom. The van der Waals surface area contributed by atoms with E-state index < -0.39 is 0 Å². The highest BCUT2D eigenvalue weighted by molar-refractivity contribution is 8.02. The van der Waals surface area contributed by atoms with Crippen molar-refractivity contribution in [2.45, 2.75) is 52.9 Å². The fourth-order valence-electron chi connectivity index (χ4n) is 3.98. The van der Waals surface area contributed by atoms with Crippen LogP contribution in [0, 0.1) is 0 Å². The van der Waals surface area contributed by atoms with Gasteiger partial charge in [-0.2, -0.15) is 28.5 Å². The van der Waals surface area contributed by atoms with E-state index in [4.69, 9.17) is 13.9 Å². The Morgan fingerprint density at radius 1 is 0.889 bits per heavy atom. The number of benzene rings is 1. The van der Waals surface area contributed by atoms with Crippen LogP contribution in [-0.2, 0) is 17.6 Å². The Morgan fingerprint density at radius 2 is 1.69 bits per heavy atom. The van der Waals surface area contributed by atoms with Gasteiger partial charge in [-0.1, -0.05) is 44.9 Å². The van der Waals surface area contributed by atoms with Crippen molar-refractivity contribution in [2.75, 3.05) is 42.8 Å². The van der Waals surface area contributed by atoms with Gasteiger partial charge in [0.25, 0.3) is 0 Å². The van der Waals surface area contributed by atoms with E-state index in [1.807, 2.05) is 48.6 Å². The molecule has 0 saturated carbocycles. The summed E-state index contributed by atoms with van der Waals surface area (Å²) < 4.78 is 16.8. The summed E-state index contributed by atoms with van der Waals surface area (Å²) in [4.78, 5) is 17.3. The molecule has 0 atom stereocenters. The third-order valence-electron chi connectivity index (χ3n) is 5.91. The second-order valence-corrected chi connectivity index (χ2v) is 11.0. The fourth-order valence-corrected chi connectivity index (χ4v) is 5.77. The summed E-state index contributed by atoms with van der Waals surface area (Å²) in [6.45, 7) is 8.54. The van der Waals surface area contributed by atoms with E-state index in [9.17, 15) is 4.79 Å². The molecule has 2 heterocycles. The van der Waals surface area contributed by atoms with Gasteiger partial charge < -0.3 is 13.9 Å². The number of unbranched alkanes of at least 4 members (excludes halogenated alkanes) is 2. The van der Waals surface area contributed by atoms with Crippen molar-refractivity contribution in [1.29, 1.82) is 0 Å². The second-order valence-electron chi connectivity index (χ2n) is 8.56. The van der Waals surface area contributed by atoms with Gasteiger partial charge in [0.15, 0.2) is 0 Å². The molecule has 0 unspecified atom stereocenters. The average Bonchev–Trinajstić information content (AvgIpc) is 2.89. The van der Waals surface area contributed by atoms with E-state index in [-0.39, 0.29) is 5.63 Å². The summed E-state index contributed by atoms with van der Waals surface area (Å²) in [6, 6.07) is 12.1. The molecule has 0 bridgehead atoms. The second kappa shape index (κ2) is 16.0. The molecule has 7 heteroatoms. The average molecular weight is 530 g/mol. The van der Waals surface area contributed by atoms with Crippen molar-refractivity contribution in [3.05, 3.63) is 57.9 Å². The highest BCUT2D eigenvalue weighted by Crippen LogP contribution is 2.27. The normalized spacial score (nSPS) is 11.3. The molecule has 0 saturated heterocycles. The third-order valence-corrected chi connectivity index (χ3v) is 8.06. The van der Waals surface area contributed by atoms with Crippen LogP contribution in [0.25, 0.3) is 22.2 Å². The smallest absolute Gasteiger partial charge is 0.345 e. The molecular formula is C29H39NO4S2. The van der Waals surface area contributed by atoms with Crippen LogP contribution >= 0.6 is 23.5 Å². The van der Waals surface area contributed by atoms with Crippen LogP contribution in [0.1, 0.15) is 51.2 Å². The SMILES string of the molecule is CCCCCc1ccc(-c2cc3ccc(OCCSCCSCCOCC)nc3oc2=O)c(CC)c1. The maximum atomic E-state index is 12.9. The summed E-state index contributed by atoms with van der Waals surface area (Å²) >= 11 is 3.78. The topological polar surface area (TPSA) is 61.6 Å². The molecule has 0 aliphatic rings. The van der Waals surface area contributed by atoms with E-state index in [0.29, 0.717) is 23.8 Å². The van der Waals surface area contributed by atoms with Crippen LogP contribution in [-0.4, -0.2) is 47.8 Å². The highest BCUT2D eigenvalue weighted by Gasteiger charge is 2.13. The number of ether oxygens (including phenoxy) is 2. The lowest BCUT2D eigenvalue weighted by Crippen LogP contribution is -2.07. The van der Waals surface area contributed by atoms with Gasteiger partial charge in [-0.15, -0.1) is 0 Å². The zero-order valence-corrected chi connectivity index (χ0v) is 23.5. The van der Waals surface area contributed by atoms with Crippen LogP contribution in [0.15, 0.2) is 45.6 Å². The molecule has 0 aliphatic heterocycles. The first-order valence-electron chi connectivity index (χ1n) is 13.1. The van der Waals surface area contributed by atoms with Crippen LogP contribution in [0.2, 0.25) is 0 Å². The molecule has 0 fully saturated rings. The van der Waals surface area contributed by atoms with E-state index in [1.54, 1.807) is 0 Å². The van der Waals surface area contributed by atoms with Gasteiger partial charge in [0.2, 0.25) is 11.6 Å². The van der Waals surface area contributed by atoms with Crippen LogP contribution < -0.4 is 10.4 Å². The molecule has 36 heavy (non-hydrogen) atoms. The molecule has 196 valence electrons. The van der Waals surface area contributed by atoms with Gasteiger partial charge in [0, 0.05) is 41.1 Å². The molecule has 0 radical (unpaired) electrons. The number of aryl methyl sites for hydroxylation is 2. The molecular weight excluding hydrogens is 490 g/mol. The maximum Gasteiger partial charge on any atom is 0.345 e. The van der Waals surface area contributed by atoms with Crippen LogP contribution in [0.4, 0.5) is 0 Å². The standard InChI is InChI=1S/C29H39NO4S2/c1-4-7-8-9-22-10-12-25(23(5-2)20-22)26-21-24-11-13-27(30-28(24)34-29(26)31)33-15-17-36-19-18-35-16-14-32-6-3/h10-13,20-21H,4-9,14-19H2,1-3H3. The van der Waals surface area contributed by atoms with E-state index in [0.717, 1.165) is 60.0 Å². The van der Waals surface area contributed by atoms with E-state index >= 15 is 0 Å². The lowest BCUT2D eigenvalue weighted by Gasteiger charge is -2.11. The van der Waals surface area contributed by atoms with Gasteiger partial charge in [0.1, 0.15) is 0 Å². The van der Waals surface area contributed by atoms with Crippen molar-refractivity contribution in [1.82, 2.24) is 4.98 Å². The minimum atomic E-state index is -0.363. The molecule has 1 aromatic carbocycles. The number of fused-ring (bicyclic) bond motifs is 1. The summed E-state index contributed by atoms with van der Waals surface area (Å²) in [7, 11) is 0. The van der Waals surface area contributed by atoms with Crippen molar-refractivity contribution in [3.63, 3.8) is 0 Å². The lowest BCUT2D eigenvalue weighted by molar-refractivity contribution is 0.164. The number of hydrogen-bond acceptors (Lipinski definition) is 7. The van der Waals surface area contributed by atoms with Crippen molar-refractivity contribution >= 4 is 34.6 Å². The zero-order valence-electron chi connectivity index (χ0n) is 21.8. The Kier molecular flexibility index (Phi) is 12.7. The minimum Gasteiger partial charge on any atom is -0.477 e. The third kappa shape index (κ3) is 8.86. The number of nitrogens with zero attached hydrogens (tertiary/aromatic N) is 1. The first-order chi connectivity index (χ1) is 17.7. The molecule has 0 spiro atoms. The lowest BCUT2D eigenvalue weighted by atomic mass is 9.95. The quantitative estimate of drug-likeness (QED) is 0.174. The molecule has 0 aliphatic carbocycles. The molecule has 5 nitrogen and oxygen atoms in total. The number of thioether (sulfide) groups is 2. The van der Waals surface area contributed by atoms with Crippen molar-refractivity contribution < 1.29 is 13.9 Å². The molecule has 3 rings (SSSR count). The van der Waals surface area contributed by atoms with Crippen LogP contribution in [0.5, 0.6) is 5.88 Å². The van der Waals surface area contributed by atoms with Gasteiger partial charge in [-0.25, -0.2) is 4.79 Å². The number of pyridine rings is 1. The van der Waals surface area contributed by atoms with Gasteiger partial charge in [0.05, 0.1) is 18.8 Å². The maximum absolute atomic E-state index is 12.9. The largest absolute Gasteiger partial charge is 0.477 e. The van der Waals surface area contributed by atoms with Gasteiger partial charge in [-0.3, -0.25) is 0 Å². The van der Waals surface area contributed by atoms with Crippen LogP contribution in [0.3, 0.4) is 0 Å². The number of rotatable bonds is 17. The van der Waals surface area contributed by atoms with E-state index in [2.05, 4.69) is 37.0 Å². The Bertz CT molecular complexity index is 1130. The Labute approximate surface area is 223 Å². The zero-order chi connectivity index (χ0) is 25.6. The predicted octanol–water partition coefficient (Wildman–Crippen LogP) is 7.03. The summed E-state index contributed by atoms with van der Waals surface area (Å²) in [5.74, 6) is 4.62. The molecule has 3 aromatic rings. The van der Waals surface area contributed by atoms with Gasteiger partial charge >= 0.3 is 5.63 Å². The monoisotopic (exact) mass is 529 g/mol. The highest BCUT2D eigenvalue weighted by atomic mass is 32.2. The summed E-state index contributed by atoms with van der Waals surface area (Å²) in [5.41, 5.74) is 3.99. The number of hydrogen-bond donors (Lipinski definition) is 0. The van der Waals surface area contributed by atoms with Crippen molar-refractivity contribution in [2.24, 2.45) is 0 Å². The van der Waals surface area contributed by atoms with Crippen molar-refractivity contribution in [3.8, 4) is 17.0 Å². The molecule has 2 aromatic heterocycles. The predicted molar refractivity (Wildman–Crippen MR) is 155 cm³/mol.